The Balaban J connectivity index is 1.70. The molecule has 5 nitrogen and oxygen atoms in total. The molecule has 0 spiro atoms. The second kappa shape index (κ2) is 7.58. The van der Waals surface area contributed by atoms with Gasteiger partial charge in [-0.05, 0) is 36.4 Å². The van der Waals surface area contributed by atoms with Crippen molar-refractivity contribution < 1.29 is 9.59 Å². The second-order valence-corrected chi connectivity index (χ2v) is 7.03. The Hall–Kier alpha value is -2.51. The molecule has 0 fully saturated rings. The summed E-state index contributed by atoms with van der Waals surface area (Å²) >= 11 is 4.71. The number of amides is 2. The lowest BCUT2D eigenvalue weighted by Crippen LogP contribution is -2.11. The van der Waals surface area contributed by atoms with Crippen LogP contribution in [0.15, 0.2) is 58.4 Å². The molecule has 2 N–H and O–H groups in total. The first kappa shape index (κ1) is 17.3. The third-order valence-electron chi connectivity index (χ3n) is 3.33. The third-order valence-corrected chi connectivity index (χ3v) is 4.62. The van der Waals surface area contributed by atoms with E-state index in [4.69, 9.17) is 0 Å². The van der Waals surface area contributed by atoms with Crippen molar-refractivity contribution in [2.24, 2.45) is 0 Å². The largest absolute Gasteiger partial charge is 0.326 e. The summed E-state index contributed by atoms with van der Waals surface area (Å²) in [4.78, 5) is 27.7. The van der Waals surface area contributed by atoms with Crippen molar-refractivity contribution in [3.63, 3.8) is 0 Å². The van der Waals surface area contributed by atoms with Crippen LogP contribution in [0.5, 0.6) is 0 Å². The van der Waals surface area contributed by atoms with Gasteiger partial charge in [0.15, 0.2) is 5.13 Å². The van der Waals surface area contributed by atoms with E-state index in [0.717, 1.165) is 21.4 Å². The van der Waals surface area contributed by atoms with Gasteiger partial charge in [0.25, 0.3) is 5.91 Å². The highest BCUT2D eigenvalue weighted by Crippen LogP contribution is 2.26. The van der Waals surface area contributed by atoms with Crippen LogP contribution in [0.4, 0.5) is 10.8 Å². The first-order valence-corrected chi connectivity index (χ1v) is 9.09. The van der Waals surface area contributed by atoms with Crippen molar-refractivity contribution in [2.75, 3.05) is 10.6 Å². The van der Waals surface area contributed by atoms with Crippen molar-refractivity contribution in [1.82, 2.24) is 4.98 Å². The maximum Gasteiger partial charge on any atom is 0.257 e. The summed E-state index contributed by atoms with van der Waals surface area (Å²) in [6, 6.07) is 14.5. The van der Waals surface area contributed by atoms with Crippen molar-refractivity contribution in [2.45, 2.75) is 6.92 Å². The molecule has 0 unspecified atom stereocenters. The quantitative estimate of drug-likeness (QED) is 0.643. The highest BCUT2D eigenvalue weighted by molar-refractivity contribution is 9.10. The number of thiazole rings is 1. The first-order valence-electron chi connectivity index (χ1n) is 7.42. The molecule has 0 aliphatic heterocycles. The molecule has 1 aromatic heterocycles. The monoisotopic (exact) mass is 415 g/mol. The van der Waals surface area contributed by atoms with Gasteiger partial charge in [0, 0.05) is 33.6 Å². The van der Waals surface area contributed by atoms with Gasteiger partial charge in [-0.3, -0.25) is 14.9 Å². The van der Waals surface area contributed by atoms with Gasteiger partial charge in [-0.15, -0.1) is 11.3 Å². The molecule has 0 saturated carbocycles. The number of rotatable bonds is 4. The minimum atomic E-state index is -0.200. The van der Waals surface area contributed by atoms with Crippen LogP contribution in [0.1, 0.15) is 17.3 Å². The Morgan fingerprint density at radius 3 is 2.32 bits per heavy atom. The van der Waals surface area contributed by atoms with E-state index in [1.165, 1.54) is 18.3 Å². The Morgan fingerprint density at radius 1 is 1.00 bits per heavy atom. The van der Waals surface area contributed by atoms with E-state index in [2.05, 4.69) is 31.5 Å². The predicted molar refractivity (Wildman–Crippen MR) is 104 cm³/mol. The van der Waals surface area contributed by atoms with Crippen LogP contribution in [-0.4, -0.2) is 16.8 Å². The highest BCUT2D eigenvalue weighted by Gasteiger charge is 2.10. The molecule has 0 radical (unpaired) electrons. The zero-order valence-electron chi connectivity index (χ0n) is 13.2. The number of carbonyl (C=O) groups is 2. The summed E-state index contributed by atoms with van der Waals surface area (Å²) in [6.07, 6.45) is 0. The lowest BCUT2D eigenvalue weighted by molar-refractivity contribution is -0.114. The number of hydrogen-bond acceptors (Lipinski definition) is 4. The topological polar surface area (TPSA) is 71.1 Å². The summed E-state index contributed by atoms with van der Waals surface area (Å²) in [7, 11) is 0. The van der Waals surface area contributed by atoms with Gasteiger partial charge in [0.05, 0.1) is 5.69 Å². The van der Waals surface area contributed by atoms with E-state index in [1.807, 2.05) is 41.8 Å². The van der Waals surface area contributed by atoms with Crippen LogP contribution < -0.4 is 10.6 Å². The molecule has 25 heavy (non-hydrogen) atoms. The summed E-state index contributed by atoms with van der Waals surface area (Å²) in [5.41, 5.74) is 2.98. The number of anilines is 2. The molecule has 0 aliphatic carbocycles. The van der Waals surface area contributed by atoms with Crippen LogP contribution in [-0.2, 0) is 4.79 Å². The molecule has 0 aliphatic rings. The average Bonchev–Trinajstić information content (AvgIpc) is 3.04. The van der Waals surface area contributed by atoms with Gasteiger partial charge < -0.3 is 5.32 Å². The van der Waals surface area contributed by atoms with Crippen LogP contribution in [0.3, 0.4) is 0 Å². The molecule has 2 amide bonds. The van der Waals surface area contributed by atoms with Crippen LogP contribution >= 0.6 is 27.3 Å². The van der Waals surface area contributed by atoms with Gasteiger partial charge in [0.2, 0.25) is 5.91 Å². The fourth-order valence-corrected chi connectivity index (χ4v) is 3.14. The average molecular weight is 416 g/mol. The lowest BCUT2D eigenvalue weighted by Gasteiger charge is -2.03. The minimum absolute atomic E-state index is 0.112. The number of nitrogens with one attached hydrogen (secondary N) is 2. The molecular formula is C18H14BrN3O2S. The van der Waals surface area contributed by atoms with Crippen molar-refractivity contribution in [3.8, 4) is 11.3 Å². The zero-order valence-corrected chi connectivity index (χ0v) is 15.6. The lowest BCUT2D eigenvalue weighted by atomic mass is 10.1. The standard InChI is InChI=1S/C18H14BrN3O2S/c1-11(23)20-15-8-4-12(5-9-15)16-10-25-18(21-16)22-17(24)13-2-6-14(19)7-3-13/h2-10H,1H3,(H,20,23)(H,21,22,24). The molecule has 126 valence electrons. The first-order chi connectivity index (χ1) is 12.0. The van der Waals surface area contributed by atoms with Crippen LogP contribution in [0.2, 0.25) is 0 Å². The fraction of sp³-hybridized carbons (Fsp3) is 0.0556. The summed E-state index contributed by atoms with van der Waals surface area (Å²) in [6.45, 7) is 1.47. The Kier molecular flexibility index (Phi) is 5.25. The van der Waals surface area contributed by atoms with Crippen molar-refractivity contribution in [1.29, 1.82) is 0 Å². The third kappa shape index (κ3) is 4.52. The fourth-order valence-electron chi connectivity index (χ4n) is 2.16. The summed E-state index contributed by atoms with van der Waals surface area (Å²) in [5, 5.41) is 7.94. The van der Waals surface area contributed by atoms with Gasteiger partial charge in [-0.2, -0.15) is 0 Å². The Morgan fingerprint density at radius 2 is 1.68 bits per heavy atom. The van der Waals surface area contributed by atoms with Crippen LogP contribution in [0.25, 0.3) is 11.3 Å². The molecule has 7 heteroatoms. The molecule has 3 aromatic rings. The van der Waals surface area contributed by atoms with Crippen molar-refractivity contribution in [3.05, 3.63) is 63.9 Å². The van der Waals surface area contributed by atoms with E-state index in [-0.39, 0.29) is 11.8 Å². The highest BCUT2D eigenvalue weighted by atomic mass is 79.9. The molecular weight excluding hydrogens is 402 g/mol. The summed E-state index contributed by atoms with van der Waals surface area (Å²) < 4.78 is 0.920. The number of nitrogens with zero attached hydrogens (tertiary/aromatic N) is 1. The summed E-state index contributed by atoms with van der Waals surface area (Å²) in [5.74, 6) is -0.311. The zero-order chi connectivity index (χ0) is 17.8. The van der Waals surface area contributed by atoms with E-state index in [1.54, 1.807) is 12.1 Å². The number of hydrogen-bond donors (Lipinski definition) is 2. The number of carbonyl (C=O) groups excluding carboxylic acids is 2. The molecule has 0 bridgehead atoms. The maximum absolute atomic E-state index is 12.2. The van der Waals surface area contributed by atoms with E-state index in [0.29, 0.717) is 10.7 Å². The minimum Gasteiger partial charge on any atom is -0.326 e. The molecule has 2 aromatic carbocycles. The Labute approximate surface area is 157 Å². The van der Waals surface area contributed by atoms with Gasteiger partial charge in [-0.25, -0.2) is 4.98 Å². The van der Waals surface area contributed by atoms with Crippen molar-refractivity contribution >= 4 is 49.9 Å². The molecule has 0 saturated heterocycles. The van der Waals surface area contributed by atoms with Gasteiger partial charge in [-0.1, -0.05) is 28.1 Å². The number of benzene rings is 2. The Bertz CT molecular complexity index is 905. The number of halogens is 1. The number of aromatic nitrogens is 1. The smallest absolute Gasteiger partial charge is 0.257 e. The van der Waals surface area contributed by atoms with Gasteiger partial charge in [0.1, 0.15) is 0 Å². The predicted octanol–water partition coefficient (Wildman–Crippen LogP) is 4.78. The second-order valence-electron chi connectivity index (χ2n) is 5.26. The van der Waals surface area contributed by atoms with E-state index >= 15 is 0 Å². The van der Waals surface area contributed by atoms with E-state index in [9.17, 15) is 9.59 Å². The molecule has 3 rings (SSSR count). The maximum atomic E-state index is 12.2. The molecule has 1 heterocycles. The van der Waals surface area contributed by atoms with Crippen LogP contribution in [0, 0.1) is 0 Å². The molecule has 0 atom stereocenters. The van der Waals surface area contributed by atoms with E-state index < -0.39 is 0 Å². The van der Waals surface area contributed by atoms with Gasteiger partial charge >= 0.3 is 0 Å². The normalized spacial score (nSPS) is 10.3. The SMILES string of the molecule is CC(=O)Nc1ccc(-c2csc(NC(=O)c3ccc(Br)cc3)n2)cc1.